The van der Waals surface area contributed by atoms with E-state index in [0.717, 1.165) is 11.1 Å². The maximum absolute atomic E-state index is 12.1. The van der Waals surface area contributed by atoms with Gasteiger partial charge < -0.3 is 9.47 Å². The van der Waals surface area contributed by atoms with Gasteiger partial charge in [0.1, 0.15) is 5.60 Å². The van der Waals surface area contributed by atoms with E-state index in [4.69, 9.17) is 9.47 Å². The van der Waals surface area contributed by atoms with Crippen molar-refractivity contribution in [3.63, 3.8) is 0 Å². The van der Waals surface area contributed by atoms with E-state index in [1.165, 1.54) is 12.0 Å². The van der Waals surface area contributed by atoms with Crippen molar-refractivity contribution in [2.75, 3.05) is 13.7 Å². The molecule has 0 saturated heterocycles. The fourth-order valence-corrected chi connectivity index (χ4v) is 1.71. The molecule has 1 aliphatic rings. The first-order chi connectivity index (χ1) is 8.65. The van der Waals surface area contributed by atoms with Gasteiger partial charge in [-0.3, -0.25) is 4.90 Å². The molecule has 0 bridgehead atoms. The van der Waals surface area contributed by atoms with Gasteiger partial charge in [0.05, 0.1) is 13.7 Å². The molecule has 5 heteroatoms. The number of hydrogen-bond donors (Lipinski definition) is 0. The van der Waals surface area contributed by atoms with E-state index in [9.17, 15) is 9.59 Å². The van der Waals surface area contributed by atoms with Gasteiger partial charge >= 0.3 is 12.1 Å². The Morgan fingerprint density at radius 1 is 1.42 bits per heavy atom. The van der Waals surface area contributed by atoms with Gasteiger partial charge in [-0.2, -0.15) is 0 Å². The van der Waals surface area contributed by atoms with Crippen LogP contribution in [0.4, 0.5) is 4.79 Å². The number of nitrogens with zero attached hydrogens (tertiary/aromatic N) is 1. The summed E-state index contributed by atoms with van der Waals surface area (Å²) in [5.41, 5.74) is 1.06. The van der Waals surface area contributed by atoms with E-state index in [0.29, 0.717) is 6.54 Å². The number of hydrogen-bond acceptors (Lipinski definition) is 4. The molecule has 0 radical (unpaired) electrons. The van der Waals surface area contributed by atoms with Crippen LogP contribution >= 0.6 is 0 Å². The zero-order chi connectivity index (χ0) is 14.8. The highest BCUT2D eigenvalue weighted by Crippen LogP contribution is 2.24. The molecule has 0 unspecified atom stereocenters. The van der Waals surface area contributed by atoms with Crippen LogP contribution in [-0.2, 0) is 14.3 Å². The summed E-state index contributed by atoms with van der Waals surface area (Å²) < 4.78 is 10.0. The lowest BCUT2D eigenvalue weighted by Crippen LogP contribution is -2.44. The van der Waals surface area contributed by atoms with E-state index in [2.05, 4.69) is 6.58 Å². The molecular formula is C14H21NO4. The monoisotopic (exact) mass is 267 g/mol. The summed E-state index contributed by atoms with van der Waals surface area (Å²) in [6.45, 7) is 11.3. The summed E-state index contributed by atoms with van der Waals surface area (Å²) in [6.07, 6.45) is 1.16. The number of esters is 1. The van der Waals surface area contributed by atoms with Crippen LogP contribution in [0.1, 0.15) is 27.7 Å². The summed E-state index contributed by atoms with van der Waals surface area (Å²) in [7, 11) is 1.29. The van der Waals surface area contributed by atoms with Gasteiger partial charge in [0.2, 0.25) is 0 Å². The zero-order valence-electron chi connectivity index (χ0n) is 12.1. The van der Waals surface area contributed by atoms with Crippen molar-refractivity contribution in [1.29, 1.82) is 0 Å². The van der Waals surface area contributed by atoms with Crippen LogP contribution in [0.2, 0.25) is 0 Å². The van der Waals surface area contributed by atoms with Gasteiger partial charge in [0.25, 0.3) is 0 Å². The molecule has 0 aromatic carbocycles. The summed E-state index contributed by atoms with van der Waals surface area (Å²) in [5, 5.41) is 0. The molecule has 19 heavy (non-hydrogen) atoms. The Bertz CT molecular complexity index is 431. The first-order valence-electron chi connectivity index (χ1n) is 6.09. The van der Waals surface area contributed by atoms with Crippen LogP contribution in [0.5, 0.6) is 0 Å². The second-order valence-corrected chi connectivity index (χ2v) is 5.55. The van der Waals surface area contributed by atoms with Crippen LogP contribution < -0.4 is 0 Å². The van der Waals surface area contributed by atoms with Crippen LogP contribution in [0.25, 0.3) is 0 Å². The molecule has 0 aromatic heterocycles. The van der Waals surface area contributed by atoms with Gasteiger partial charge in [-0.05, 0) is 39.3 Å². The SMILES string of the molecule is C=C(C)C1=C[C@@H](C(=O)OC)N(C(=O)OC(C)(C)C)C1. The van der Waals surface area contributed by atoms with Crippen molar-refractivity contribution in [3.8, 4) is 0 Å². The molecule has 0 N–H and O–H groups in total. The van der Waals surface area contributed by atoms with Crippen LogP contribution in [0.15, 0.2) is 23.8 Å². The van der Waals surface area contributed by atoms with Crippen LogP contribution in [0.3, 0.4) is 0 Å². The summed E-state index contributed by atoms with van der Waals surface area (Å²) in [6, 6.07) is -0.744. The Balaban J connectivity index is 2.91. The highest BCUT2D eigenvalue weighted by Gasteiger charge is 2.37. The Labute approximate surface area is 113 Å². The molecule has 0 fully saturated rings. The summed E-state index contributed by atoms with van der Waals surface area (Å²) in [4.78, 5) is 25.2. The smallest absolute Gasteiger partial charge is 0.411 e. The molecule has 1 amide bonds. The van der Waals surface area contributed by atoms with E-state index in [-0.39, 0.29) is 0 Å². The lowest BCUT2D eigenvalue weighted by Gasteiger charge is -2.27. The van der Waals surface area contributed by atoms with Gasteiger partial charge in [-0.1, -0.05) is 12.2 Å². The zero-order valence-corrected chi connectivity index (χ0v) is 12.1. The largest absolute Gasteiger partial charge is 0.467 e. The molecule has 1 atom stereocenters. The van der Waals surface area contributed by atoms with Crippen molar-refractivity contribution in [1.82, 2.24) is 4.90 Å². The number of carbonyl (C=O) groups excluding carboxylic acids is 2. The second kappa shape index (κ2) is 5.47. The van der Waals surface area contributed by atoms with E-state index in [1.807, 2.05) is 6.92 Å². The Morgan fingerprint density at radius 3 is 2.42 bits per heavy atom. The average molecular weight is 267 g/mol. The molecule has 106 valence electrons. The second-order valence-electron chi connectivity index (χ2n) is 5.55. The number of ether oxygens (including phenoxy) is 2. The fourth-order valence-electron chi connectivity index (χ4n) is 1.71. The third-order valence-corrected chi connectivity index (χ3v) is 2.65. The molecule has 0 spiro atoms. The normalized spacial score (nSPS) is 18.9. The molecule has 1 aliphatic heterocycles. The number of rotatable bonds is 2. The fraction of sp³-hybridized carbons (Fsp3) is 0.571. The van der Waals surface area contributed by atoms with Crippen molar-refractivity contribution in [2.45, 2.75) is 39.3 Å². The van der Waals surface area contributed by atoms with Crippen molar-refractivity contribution < 1.29 is 19.1 Å². The van der Waals surface area contributed by atoms with Crippen molar-refractivity contribution in [2.24, 2.45) is 0 Å². The van der Waals surface area contributed by atoms with Gasteiger partial charge in [-0.25, -0.2) is 9.59 Å². The predicted octanol–water partition coefficient (Wildman–Crippen LogP) is 2.28. The topological polar surface area (TPSA) is 55.8 Å². The Morgan fingerprint density at radius 2 is 2.00 bits per heavy atom. The molecule has 0 aromatic rings. The predicted molar refractivity (Wildman–Crippen MR) is 71.6 cm³/mol. The highest BCUT2D eigenvalue weighted by atomic mass is 16.6. The standard InChI is InChI=1S/C14H21NO4/c1-9(2)10-7-11(12(16)18-6)15(8-10)13(17)19-14(3,4)5/h7,11H,1,8H2,2-6H3/t11-/m0/s1. The maximum Gasteiger partial charge on any atom is 0.411 e. The van der Waals surface area contributed by atoms with Crippen LogP contribution in [-0.4, -0.2) is 42.3 Å². The molecule has 1 heterocycles. The van der Waals surface area contributed by atoms with Crippen molar-refractivity contribution >= 4 is 12.1 Å². The van der Waals surface area contributed by atoms with E-state index < -0.39 is 23.7 Å². The molecule has 5 nitrogen and oxygen atoms in total. The lowest BCUT2D eigenvalue weighted by atomic mass is 10.1. The third kappa shape index (κ3) is 3.84. The minimum absolute atomic E-state index is 0.310. The Kier molecular flexibility index (Phi) is 4.39. The summed E-state index contributed by atoms with van der Waals surface area (Å²) >= 11 is 0. The van der Waals surface area contributed by atoms with Gasteiger partial charge in [0, 0.05) is 0 Å². The lowest BCUT2D eigenvalue weighted by molar-refractivity contribution is -0.144. The molecule has 0 aliphatic carbocycles. The first kappa shape index (κ1) is 15.3. The molecular weight excluding hydrogens is 246 g/mol. The number of methoxy groups -OCH3 is 1. The van der Waals surface area contributed by atoms with Crippen LogP contribution in [0, 0.1) is 0 Å². The third-order valence-electron chi connectivity index (χ3n) is 2.65. The number of amides is 1. The minimum Gasteiger partial charge on any atom is -0.467 e. The van der Waals surface area contributed by atoms with Crippen molar-refractivity contribution in [3.05, 3.63) is 23.8 Å². The highest BCUT2D eigenvalue weighted by molar-refractivity contribution is 5.85. The van der Waals surface area contributed by atoms with Gasteiger partial charge in [-0.15, -0.1) is 0 Å². The summed E-state index contributed by atoms with van der Waals surface area (Å²) in [5.74, 6) is -0.484. The number of carbonyl (C=O) groups is 2. The molecule has 1 rings (SSSR count). The minimum atomic E-state index is -0.744. The maximum atomic E-state index is 12.1. The quantitative estimate of drug-likeness (QED) is 0.720. The van der Waals surface area contributed by atoms with E-state index >= 15 is 0 Å². The Hall–Kier alpha value is -1.78. The average Bonchev–Trinajstić information content (AvgIpc) is 2.70. The van der Waals surface area contributed by atoms with Gasteiger partial charge in [0.15, 0.2) is 6.04 Å². The molecule has 0 saturated carbocycles. The van der Waals surface area contributed by atoms with E-state index in [1.54, 1.807) is 26.8 Å². The first-order valence-corrected chi connectivity index (χ1v) is 6.09.